The van der Waals surface area contributed by atoms with Crippen molar-refractivity contribution in [3.63, 3.8) is 0 Å². The molecule has 5 nitrogen and oxygen atoms in total. The molecule has 132 valence electrons. The molecule has 1 aromatic heterocycles. The Balaban J connectivity index is 1.48. The van der Waals surface area contributed by atoms with Crippen LogP contribution in [-0.4, -0.2) is 28.0 Å². The number of aromatic nitrogens is 1. The summed E-state index contributed by atoms with van der Waals surface area (Å²) in [6.45, 7) is 0. The summed E-state index contributed by atoms with van der Waals surface area (Å²) in [7, 11) is 0. The molecule has 1 heterocycles. The summed E-state index contributed by atoms with van der Waals surface area (Å²) in [6, 6.07) is 14.0. The number of hydrazone groups is 1. The number of benzene rings is 2. The van der Waals surface area contributed by atoms with Crippen LogP contribution in [0.15, 0.2) is 63.4 Å². The number of aromatic hydroxyl groups is 1. The molecule has 0 aliphatic carbocycles. The van der Waals surface area contributed by atoms with Gasteiger partial charge in [0, 0.05) is 16.0 Å². The third-order valence-corrected chi connectivity index (χ3v) is 5.52. The summed E-state index contributed by atoms with van der Waals surface area (Å²) in [5, 5.41) is 15.7. The normalized spacial score (nSPS) is 11.0. The van der Waals surface area contributed by atoms with Crippen LogP contribution < -0.4 is 5.43 Å². The van der Waals surface area contributed by atoms with Crippen LogP contribution in [0.4, 0.5) is 0 Å². The Bertz CT molecular complexity index is 909. The Hall–Kier alpha value is -2.35. The van der Waals surface area contributed by atoms with E-state index in [2.05, 4.69) is 15.5 Å². The zero-order valence-electron chi connectivity index (χ0n) is 13.4. The largest absolute Gasteiger partial charge is 0.508 e. The first-order valence-corrected chi connectivity index (χ1v) is 9.80. The molecule has 2 N–H and O–H groups in total. The van der Waals surface area contributed by atoms with Crippen LogP contribution in [0.2, 0.25) is 5.02 Å². The average molecular weight is 404 g/mol. The molecule has 26 heavy (non-hydrogen) atoms. The van der Waals surface area contributed by atoms with Gasteiger partial charge in [-0.15, -0.1) is 11.3 Å². The van der Waals surface area contributed by atoms with Crippen LogP contribution in [-0.2, 0) is 4.79 Å². The van der Waals surface area contributed by atoms with Crippen molar-refractivity contribution >= 4 is 46.8 Å². The van der Waals surface area contributed by atoms with Crippen LogP contribution in [0, 0.1) is 0 Å². The number of halogens is 1. The van der Waals surface area contributed by atoms with E-state index < -0.39 is 0 Å². The van der Waals surface area contributed by atoms with Gasteiger partial charge in [-0.25, -0.2) is 10.4 Å². The van der Waals surface area contributed by atoms with Gasteiger partial charge in [0.15, 0.2) is 4.34 Å². The first kappa shape index (κ1) is 18.4. The smallest absolute Gasteiger partial charge is 0.250 e. The highest BCUT2D eigenvalue weighted by Gasteiger charge is 2.07. The molecule has 0 aliphatic heterocycles. The minimum absolute atomic E-state index is 0.184. The van der Waals surface area contributed by atoms with Crippen LogP contribution >= 0.6 is 34.7 Å². The maximum atomic E-state index is 11.9. The van der Waals surface area contributed by atoms with Crippen LogP contribution in [0.1, 0.15) is 5.56 Å². The molecule has 0 radical (unpaired) electrons. The van der Waals surface area contributed by atoms with E-state index in [0.717, 1.165) is 21.2 Å². The molecular formula is C18H14ClN3O2S2. The topological polar surface area (TPSA) is 74.6 Å². The number of hydrogen-bond donors (Lipinski definition) is 2. The maximum absolute atomic E-state index is 11.9. The number of nitrogens with zero attached hydrogens (tertiary/aromatic N) is 2. The second-order valence-corrected chi connectivity index (χ2v) is 7.70. The number of amides is 1. The molecule has 1 amide bonds. The molecule has 3 aromatic rings. The van der Waals surface area contributed by atoms with E-state index >= 15 is 0 Å². The predicted octanol–water partition coefficient (Wildman–Crippen LogP) is 4.41. The molecule has 0 spiro atoms. The second-order valence-electron chi connectivity index (χ2n) is 5.18. The summed E-state index contributed by atoms with van der Waals surface area (Å²) in [5.74, 6) is 0.192. The Morgan fingerprint density at radius 1 is 1.23 bits per heavy atom. The fraction of sp³-hybridized carbons (Fsp3) is 0.0556. The van der Waals surface area contributed by atoms with Crippen molar-refractivity contribution in [2.24, 2.45) is 5.10 Å². The van der Waals surface area contributed by atoms with Gasteiger partial charge in [-0.1, -0.05) is 35.5 Å². The fourth-order valence-corrected chi connectivity index (χ4v) is 3.73. The molecular weight excluding hydrogens is 390 g/mol. The van der Waals surface area contributed by atoms with Gasteiger partial charge in [-0.2, -0.15) is 5.10 Å². The van der Waals surface area contributed by atoms with Crippen molar-refractivity contribution in [3.8, 4) is 17.0 Å². The monoisotopic (exact) mass is 403 g/mol. The Labute approximate surface area is 163 Å². The molecule has 0 bridgehead atoms. The molecule has 3 rings (SSSR count). The lowest BCUT2D eigenvalue weighted by Crippen LogP contribution is -2.19. The molecule has 0 unspecified atom stereocenters. The van der Waals surface area contributed by atoms with Crippen molar-refractivity contribution in [1.82, 2.24) is 10.4 Å². The fourth-order valence-electron chi connectivity index (χ4n) is 1.98. The number of carbonyl (C=O) groups is 1. The average Bonchev–Trinajstić information content (AvgIpc) is 3.11. The number of thioether (sulfide) groups is 1. The zero-order valence-corrected chi connectivity index (χ0v) is 15.8. The van der Waals surface area contributed by atoms with E-state index in [4.69, 9.17) is 11.6 Å². The van der Waals surface area contributed by atoms with Gasteiger partial charge in [0.1, 0.15) is 5.75 Å². The standard InChI is InChI=1S/C18H14ClN3O2S2/c19-14-5-3-13(4-6-14)16-10-25-18(21-16)26-11-17(24)22-20-9-12-1-7-15(23)8-2-12/h1-10,23H,11H2,(H,22,24)/b20-9-. The Morgan fingerprint density at radius 3 is 2.69 bits per heavy atom. The summed E-state index contributed by atoms with van der Waals surface area (Å²) in [6.07, 6.45) is 1.52. The van der Waals surface area contributed by atoms with Crippen molar-refractivity contribution in [3.05, 3.63) is 64.5 Å². The molecule has 0 aliphatic rings. The van der Waals surface area contributed by atoms with Crippen LogP contribution in [0.5, 0.6) is 5.75 Å². The highest BCUT2D eigenvalue weighted by molar-refractivity contribution is 8.01. The quantitative estimate of drug-likeness (QED) is 0.363. The minimum atomic E-state index is -0.215. The van der Waals surface area contributed by atoms with Gasteiger partial charge in [0.25, 0.3) is 5.91 Å². The molecule has 0 atom stereocenters. The third-order valence-electron chi connectivity index (χ3n) is 3.25. The van der Waals surface area contributed by atoms with Crippen molar-refractivity contribution in [2.75, 3.05) is 5.75 Å². The summed E-state index contributed by atoms with van der Waals surface area (Å²) in [4.78, 5) is 16.4. The van der Waals surface area contributed by atoms with Crippen molar-refractivity contribution in [1.29, 1.82) is 0 Å². The molecule has 8 heteroatoms. The van der Waals surface area contributed by atoms with Gasteiger partial charge in [0.2, 0.25) is 0 Å². The number of phenolic OH excluding ortho intramolecular Hbond substituents is 1. The molecule has 0 saturated heterocycles. The van der Waals surface area contributed by atoms with E-state index in [1.165, 1.54) is 29.3 Å². The van der Waals surface area contributed by atoms with E-state index in [0.29, 0.717) is 5.02 Å². The van der Waals surface area contributed by atoms with E-state index in [1.807, 2.05) is 29.6 Å². The first-order valence-electron chi connectivity index (χ1n) is 7.55. The second kappa shape index (κ2) is 8.84. The van der Waals surface area contributed by atoms with Crippen molar-refractivity contribution < 1.29 is 9.90 Å². The van der Waals surface area contributed by atoms with Gasteiger partial charge in [0.05, 0.1) is 17.7 Å². The SMILES string of the molecule is O=C(CSc1nc(-c2ccc(Cl)cc2)cs1)N/N=C\c1ccc(O)cc1. The van der Waals surface area contributed by atoms with Gasteiger partial charge >= 0.3 is 0 Å². The Morgan fingerprint density at radius 2 is 1.96 bits per heavy atom. The van der Waals surface area contributed by atoms with Crippen LogP contribution in [0.3, 0.4) is 0 Å². The highest BCUT2D eigenvalue weighted by Crippen LogP contribution is 2.28. The summed E-state index contributed by atoms with van der Waals surface area (Å²) >= 11 is 8.73. The van der Waals surface area contributed by atoms with Crippen LogP contribution in [0.25, 0.3) is 11.3 Å². The number of phenols is 1. The maximum Gasteiger partial charge on any atom is 0.250 e. The van der Waals surface area contributed by atoms with E-state index in [1.54, 1.807) is 24.3 Å². The first-order chi connectivity index (χ1) is 12.6. The predicted molar refractivity (Wildman–Crippen MR) is 107 cm³/mol. The summed E-state index contributed by atoms with van der Waals surface area (Å²) < 4.78 is 0.813. The van der Waals surface area contributed by atoms with Crippen molar-refractivity contribution in [2.45, 2.75) is 4.34 Å². The third kappa shape index (κ3) is 5.32. The number of nitrogens with one attached hydrogen (secondary N) is 1. The van der Waals surface area contributed by atoms with E-state index in [-0.39, 0.29) is 17.4 Å². The number of thiazole rings is 1. The Kier molecular flexibility index (Phi) is 6.27. The molecule has 2 aromatic carbocycles. The number of hydrogen-bond acceptors (Lipinski definition) is 6. The van der Waals surface area contributed by atoms with Gasteiger partial charge in [-0.05, 0) is 42.0 Å². The minimum Gasteiger partial charge on any atom is -0.508 e. The number of carbonyl (C=O) groups excluding carboxylic acids is 1. The lowest BCUT2D eigenvalue weighted by atomic mass is 10.2. The van der Waals surface area contributed by atoms with Gasteiger partial charge < -0.3 is 5.11 Å². The van der Waals surface area contributed by atoms with Gasteiger partial charge in [-0.3, -0.25) is 4.79 Å². The lowest BCUT2D eigenvalue weighted by molar-refractivity contribution is -0.118. The molecule has 0 fully saturated rings. The summed E-state index contributed by atoms with van der Waals surface area (Å²) in [5.41, 5.74) is 5.10. The number of rotatable bonds is 6. The molecule has 0 saturated carbocycles. The van der Waals surface area contributed by atoms with E-state index in [9.17, 15) is 9.90 Å². The zero-order chi connectivity index (χ0) is 18.4. The lowest BCUT2D eigenvalue weighted by Gasteiger charge is -1.98. The highest BCUT2D eigenvalue weighted by atomic mass is 35.5.